The highest BCUT2D eigenvalue weighted by atomic mass is 32.1. The van der Waals surface area contributed by atoms with Crippen molar-refractivity contribution in [3.8, 4) is 27.4 Å². The van der Waals surface area contributed by atoms with Gasteiger partial charge in [-0.05, 0) is 119 Å². The van der Waals surface area contributed by atoms with E-state index in [9.17, 15) is 9.90 Å². The van der Waals surface area contributed by atoms with Crippen molar-refractivity contribution >= 4 is 44.2 Å². The first-order valence-corrected chi connectivity index (χ1v) is 19.2. The Balaban J connectivity index is 1.38. The van der Waals surface area contributed by atoms with Gasteiger partial charge >= 0.3 is 5.97 Å². The lowest BCUT2D eigenvalue weighted by molar-refractivity contribution is -0.160. The van der Waals surface area contributed by atoms with Gasteiger partial charge in [-0.1, -0.05) is 19.4 Å². The summed E-state index contributed by atoms with van der Waals surface area (Å²) in [6, 6.07) is 15.5. The first kappa shape index (κ1) is 34.1. The van der Waals surface area contributed by atoms with Crippen LogP contribution in [0.2, 0.25) is 0 Å². The number of hydrogen-bond donors (Lipinski definition) is 1. The first-order valence-electron chi connectivity index (χ1n) is 18.4. The smallest absolute Gasteiger partial charge is 0.337 e. The third-order valence-corrected chi connectivity index (χ3v) is 12.3. The number of carbonyl (C=O) groups is 1. The van der Waals surface area contributed by atoms with E-state index in [0.717, 1.165) is 105 Å². The second-order valence-electron chi connectivity index (χ2n) is 16.1. The van der Waals surface area contributed by atoms with Gasteiger partial charge in [0.05, 0.1) is 27.9 Å². The van der Waals surface area contributed by atoms with Gasteiger partial charge in [-0.2, -0.15) is 5.10 Å². The van der Waals surface area contributed by atoms with E-state index in [0.29, 0.717) is 30.0 Å². The molecule has 1 fully saturated rings. The number of ether oxygens (including phenoxy) is 2. The summed E-state index contributed by atoms with van der Waals surface area (Å²) in [5.41, 5.74) is 6.92. The van der Waals surface area contributed by atoms with Crippen LogP contribution in [0.5, 0.6) is 5.75 Å². The van der Waals surface area contributed by atoms with Crippen LogP contribution in [0.15, 0.2) is 42.5 Å². The number of rotatable bonds is 3. The van der Waals surface area contributed by atoms with Gasteiger partial charge in [0.25, 0.3) is 0 Å². The van der Waals surface area contributed by atoms with Crippen LogP contribution in [0.25, 0.3) is 42.8 Å². The zero-order valence-electron chi connectivity index (χ0n) is 30.8. The van der Waals surface area contributed by atoms with E-state index in [1.165, 1.54) is 5.56 Å². The lowest BCUT2D eigenvalue weighted by Crippen LogP contribution is -2.52. The van der Waals surface area contributed by atoms with Crippen molar-refractivity contribution in [1.82, 2.24) is 19.7 Å². The van der Waals surface area contributed by atoms with Crippen LogP contribution < -0.4 is 9.64 Å². The number of carboxylic acids is 1. The van der Waals surface area contributed by atoms with Gasteiger partial charge in [0.1, 0.15) is 10.8 Å². The molecular weight excluding hydrogens is 659 g/mol. The molecule has 3 aromatic carbocycles. The minimum absolute atomic E-state index is 0.365. The minimum atomic E-state index is -1.15. The fraction of sp³-hybridized carbons (Fsp3) is 0.488. The molecule has 3 aliphatic heterocycles. The molecule has 1 N–H and O–H groups in total. The number of fused-ring (bicyclic) bond motifs is 8. The van der Waals surface area contributed by atoms with E-state index in [1.54, 1.807) is 11.3 Å². The fourth-order valence-corrected chi connectivity index (χ4v) is 9.66. The summed E-state index contributed by atoms with van der Waals surface area (Å²) in [5.74, 6) is 1.89. The average Bonchev–Trinajstić information content (AvgIpc) is 3.66. The summed E-state index contributed by atoms with van der Waals surface area (Å²) in [6.45, 7) is 13.7. The van der Waals surface area contributed by atoms with Crippen LogP contribution in [-0.2, 0) is 16.6 Å². The molecule has 0 saturated carbocycles. The largest absolute Gasteiger partial charge is 0.493 e. The molecule has 3 unspecified atom stereocenters. The van der Waals surface area contributed by atoms with Crippen LogP contribution >= 0.6 is 11.3 Å². The number of piperazine rings is 1. The van der Waals surface area contributed by atoms with E-state index in [1.807, 2.05) is 45.5 Å². The minimum Gasteiger partial charge on any atom is -0.493 e. The molecule has 1 saturated heterocycles. The number of nitrogens with zero attached hydrogens (tertiary/aromatic N) is 5. The second-order valence-corrected chi connectivity index (χ2v) is 17.1. The number of hydrogen-bond acceptors (Lipinski definition) is 8. The van der Waals surface area contributed by atoms with Crippen molar-refractivity contribution < 1.29 is 19.4 Å². The quantitative estimate of drug-likeness (QED) is 0.200. The van der Waals surface area contributed by atoms with Crippen molar-refractivity contribution in [2.75, 3.05) is 38.2 Å². The van der Waals surface area contributed by atoms with Crippen molar-refractivity contribution in [2.45, 2.75) is 84.0 Å². The second kappa shape index (κ2) is 12.9. The standard InChI is InChI=1S/C41H49N5O4S/c1-23-8-9-25-14-17-49-33-13-11-26(20-29(25)33)35-34(36(40(47)48)50-41(3,4)5)24(2)19-31-37(35)51-39(42-31)27-10-12-32-30(21-27)38(43-45(32)7)46-16-15-44(6)28(18-23)22-46/h10-13,19-21,23,25,28,36H,8-9,14-18,22H2,1-7H3,(H,47,48)/t23?,25?,28?,36-/m0/s1. The molecular formula is C41H49N5O4S. The Bertz CT molecular complexity index is 2150. The monoisotopic (exact) mass is 707 g/mol. The molecule has 4 atom stereocenters. The number of aliphatic carboxylic acids is 1. The van der Waals surface area contributed by atoms with Crippen molar-refractivity contribution in [1.29, 1.82) is 0 Å². The zero-order chi connectivity index (χ0) is 35.8. The van der Waals surface area contributed by atoms with E-state index < -0.39 is 17.7 Å². The maximum atomic E-state index is 13.1. The molecule has 5 heterocycles. The highest BCUT2D eigenvalue weighted by molar-refractivity contribution is 7.22. The maximum Gasteiger partial charge on any atom is 0.337 e. The predicted molar refractivity (Wildman–Crippen MR) is 205 cm³/mol. The van der Waals surface area contributed by atoms with E-state index >= 15 is 0 Å². The molecule has 10 heteroatoms. The molecule has 2 aromatic heterocycles. The zero-order valence-corrected chi connectivity index (χ0v) is 31.6. The van der Waals surface area contributed by atoms with Gasteiger partial charge < -0.3 is 19.5 Å². The van der Waals surface area contributed by atoms with Gasteiger partial charge in [-0.15, -0.1) is 11.3 Å². The predicted octanol–water partition coefficient (Wildman–Crippen LogP) is 8.57. The van der Waals surface area contributed by atoms with Gasteiger partial charge in [-0.3, -0.25) is 9.58 Å². The highest BCUT2D eigenvalue weighted by Gasteiger charge is 2.34. The summed E-state index contributed by atoms with van der Waals surface area (Å²) in [5, 5.41) is 17.8. The number of likely N-dealkylation sites (N-methyl/N-ethyl adjacent to an activating group) is 1. The summed E-state index contributed by atoms with van der Waals surface area (Å²) in [7, 11) is 4.30. The van der Waals surface area contributed by atoms with Gasteiger partial charge in [0, 0.05) is 54.8 Å². The lowest BCUT2D eigenvalue weighted by Gasteiger charge is -2.41. The Morgan fingerprint density at radius 3 is 2.65 bits per heavy atom. The highest BCUT2D eigenvalue weighted by Crippen LogP contribution is 2.47. The molecule has 0 aliphatic carbocycles. The van der Waals surface area contributed by atoms with Crippen molar-refractivity contribution in [3.63, 3.8) is 0 Å². The Labute approximate surface area is 304 Å². The first-order chi connectivity index (χ1) is 24.3. The van der Waals surface area contributed by atoms with Gasteiger partial charge in [0.2, 0.25) is 0 Å². The van der Waals surface area contributed by atoms with Crippen LogP contribution in [-0.4, -0.2) is 75.7 Å². The van der Waals surface area contributed by atoms with Crippen molar-refractivity contribution in [3.05, 3.63) is 59.2 Å². The number of aryl methyl sites for hydroxylation is 2. The Morgan fingerprint density at radius 2 is 1.86 bits per heavy atom. The molecule has 9 nitrogen and oxygen atoms in total. The molecule has 8 bridgehead atoms. The normalized spacial score (nSPS) is 21.8. The average molecular weight is 708 g/mol. The van der Waals surface area contributed by atoms with Gasteiger partial charge in [-0.25, -0.2) is 9.78 Å². The Morgan fingerprint density at radius 1 is 1.06 bits per heavy atom. The molecule has 3 aliphatic rings. The summed E-state index contributed by atoms with van der Waals surface area (Å²) >= 11 is 1.62. The molecule has 268 valence electrons. The summed E-state index contributed by atoms with van der Waals surface area (Å²) < 4.78 is 15.5. The van der Waals surface area contributed by atoms with Crippen LogP contribution in [0.3, 0.4) is 0 Å². The third kappa shape index (κ3) is 6.29. The van der Waals surface area contributed by atoms with Crippen LogP contribution in [0.1, 0.15) is 82.1 Å². The summed E-state index contributed by atoms with van der Waals surface area (Å²) in [4.78, 5) is 23.3. The van der Waals surface area contributed by atoms with E-state index in [4.69, 9.17) is 19.6 Å². The summed E-state index contributed by atoms with van der Waals surface area (Å²) in [6.07, 6.45) is 3.17. The van der Waals surface area contributed by atoms with Crippen LogP contribution in [0, 0.1) is 12.8 Å². The molecule has 0 spiro atoms. The van der Waals surface area contributed by atoms with E-state index in [2.05, 4.69) is 60.2 Å². The Hall–Kier alpha value is -3.99. The number of aromatic nitrogens is 3. The molecule has 0 amide bonds. The number of anilines is 1. The van der Waals surface area contributed by atoms with E-state index in [-0.39, 0.29) is 0 Å². The van der Waals surface area contributed by atoms with Crippen LogP contribution in [0.4, 0.5) is 5.82 Å². The topological polar surface area (TPSA) is 92.9 Å². The van der Waals surface area contributed by atoms with Crippen molar-refractivity contribution in [2.24, 2.45) is 13.0 Å². The molecule has 8 rings (SSSR count). The maximum absolute atomic E-state index is 13.1. The number of carboxylic acid groups (broad SMARTS) is 1. The molecule has 51 heavy (non-hydrogen) atoms. The molecule has 0 radical (unpaired) electrons. The SMILES string of the molecule is Cc1cc2nc3sc2c(c1[C@H](OC(C)(C)C)C(=O)O)-c1ccc2c(c1)C(CCO2)CCC(C)CC1CN(CCN1C)c1nn(C)c2ccc-3cc12. The number of benzene rings is 3. The Kier molecular flexibility index (Phi) is 8.63. The molecule has 5 aromatic rings. The number of thiazole rings is 1. The van der Waals surface area contributed by atoms with Gasteiger partial charge in [0.15, 0.2) is 11.9 Å². The third-order valence-electron chi connectivity index (χ3n) is 11.2. The fourth-order valence-electron chi connectivity index (χ4n) is 8.54. The lowest BCUT2D eigenvalue weighted by atomic mass is 9.83.